The van der Waals surface area contributed by atoms with Crippen molar-refractivity contribution in [2.75, 3.05) is 0 Å². The van der Waals surface area contributed by atoms with Crippen LogP contribution in [0.3, 0.4) is 0 Å². The number of carbonyl (C=O) groups excluding carboxylic acids is 2. The summed E-state index contributed by atoms with van der Waals surface area (Å²) < 4.78 is 10.3. The van der Waals surface area contributed by atoms with Gasteiger partial charge in [0.05, 0.1) is 6.26 Å². The van der Waals surface area contributed by atoms with Crippen LogP contribution < -0.4 is 11.1 Å². The number of carbonyl (C=O) groups is 2. The molecular weight excluding hydrogens is 324 g/mol. The van der Waals surface area contributed by atoms with Crippen molar-refractivity contribution in [3.05, 3.63) is 59.7 Å². The molecule has 3 aromatic rings. The van der Waals surface area contributed by atoms with Crippen LogP contribution in [-0.2, 0) is 17.8 Å². The fourth-order valence-electron chi connectivity index (χ4n) is 2.21. The zero-order chi connectivity index (χ0) is 17.6. The van der Waals surface area contributed by atoms with Gasteiger partial charge < -0.3 is 20.0 Å². The molecule has 0 aliphatic rings. The highest BCUT2D eigenvalue weighted by atomic mass is 16.5. The molecule has 0 radical (unpaired) electrons. The Morgan fingerprint density at radius 2 is 2.08 bits per heavy atom. The van der Waals surface area contributed by atoms with Gasteiger partial charge in [-0.05, 0) is 29.8 Å². The van der Waals surface area contributed by atoms with Crippen LogP contribution in [-0.4, -0.2) is 22.0 Å². The number of nitrogens with two attached hydrogens (primary N) is 1. The van der Waals surface area contributed by atoms with Crippen molar-refractivity contribution >= 4 is 11.8 Å². The SMILES string of the molecule is NC(=O)c1cccc(CNC(=O)CCc2nc(-c3ccco3)no2)c1. The van der Waals surface area contributed by atoms with Gasteiger partial charge in [0, 0.05) is 24.9 Å². The van der Waals surface area contributed by atoms with Gasteiger partial charge in [0.15, 0.2) is 5.76 Å². The summed E-state index contributed by atoms with van der Waals surface area (Å²) >= 11 is 0. The highest BCUT2D eigenvalue weighted by molar-refractivity contribution is 5.92. The van der Waals surface area contributed by atoms with Crippen LogP contribution in [0.2, 0.25) is 0 Å². The molecule has 2 aromatic heterocycles. The van der Waals surface area contributed by atoms with Crippen molar-refractivity contribution in [2.45, 2.75) is 19.4 Å². The lowest BCUT2D eigenvalue weighted by atomic mass is 10.1. The number of furan rings is 1. The molecule has 0 saturated heterocycles. The molecule has 0 aliphatic heterocycles. The maximum absolute atomic E-state index is 11.9. The Morgan fingerprint density at radius 1 is 1.20 bits per heavy atom. The Kier molecular flexibility index (Phi) is 4.89. The van der Waals surface area contributed by atoms with E-state index in [9.17, 15) is 9.59 Å². The van der Waals surface area contributed by atoms with Crippen molar-refractivity contribution in [2.24, 2.45) is 5.73 Å². The predicted molar refractivity (Wildman–Crippen MR) is 87.1 cm³/mol. The van der Waals surface area contributed by atoms with E-state index in [1.165, 1.54) is 6.26 Å². The summed E-state index contributed by atoms with van der Waals surface area (Å²) in [4.78, 5) is 27.2. The second-order valence-corrected chi connectivity index (χ2v) is 5.33. The van der Waals surface area contributed by atoms with Gasteiger partial charge in [-0.25, -0.2) is 0 Å². The zero-order valence-corrected chi connectivity index (χ0v) is 13.3. The number of aryl methyl sites for hydroxylation is 1. The van der Waals surface area contributed by atoms with Crippen molar-refractivity contribution < 1.29 is 18.5 Å². The molecule has 25 heavy (non-hydrogen) atoms. The molecule has 128 valence electrons. The van der Waals surface area contributed by atoms with Crippen molar-refractivity contribution in [3.63, 3.8) is 0 Å². The molecule has 1 aromatic carbocycles. The zero-order valence-electron chi connectivity index (χ0n) is 13.3. The van der Waals surface area contributed by atoms with Gasteiger partial charge in [-0.3, -0.25) is 9.59 Å². The monoisotopic (exact) mass is 340 g/mol. The van der Waals surface area contributed by atoms with Crippen LogP contribution in [0.1, 0.15) is 28.2 Å². The van der Waals surface area contributed by atoms with E-state index >= 15 is 0 Å². The molecule has 2 heterocycles. The summed E-state index contributed by atoms with van der Waals surface area (Å²) in [5.41, 5.74) is 6.43. The van der Waals surface area contributed by atoms with E-state index < -0.39 is 5.91 Å². The quantitative estimate of drug-likeness (QED) is 0.674. The summed E-state index contributed by atoms with van der Waals surface area (Å²) in [6.45, 7) is 0.307. The first-order valence-corrected chi connectivity index (χ1v) is 7.64. The number of nitrogens with one attached hydrogen (secondary N) is 1. The third-order valence-electron chi connectivity index (χ3n) is 3.48. The van der Waals surface area contributed by atoms with Crippen molar-refractivity contribution in [1.29, 1.82) is 0 Å². The number of hydrogen-bond acceptors (Lipinski definition) is 6. The van der Waals surface area contributed by atoms with Gasteiger partial charge in [-0.1, -0.05) is 17.3 Å². The molecule has 0 aliphatic carbocycles. The highest BCUT2D eigenvalue weighted by Gasteiger charge is 2.12. The normalized spacial score (nSPS) is 10.6. The minimum Gasteiger partial charge on any atom is -0.461 e. The van der Waals surface area contributed by atoms with E-state index in [-0.39, 0.29) is 12.3 Å². The Labute approximate surface area is 143 Å². The van der Waals surface area contributed by atoms with Gasteiger partial charge in [-0.15, -0.1) is 0 Å². The van der Waals surface area contributed by atoms with Gasteiger partial charge in [0.2, 0.25) is 23.5 Å². The van der Waals surface area contributed by atoms with E-state index in [2.05, 4.69) is 15.5 Å². The van der Waals surface area contributed by atoms with Crippen LogP contribution in [0.4, 0.5) is 0 Å². The third-order valence-corrected chi connectivity index (χ3v) is 3.48. The molecule has 0 unspecified atom stereocenters. The van der Waals surface area contributed by atoms with Gasteiger partial charge in [0.25, 0.3) is 0 Å². The topological polar surface area (TPSA) is 124 Å². The van der Waals surface area contributed by atoms with Gasteiger partial charge in [-0.2, -0.15) is 4.98 Å². The molecular formula is C17H16N4O4. The lowest BCUT2D eigenvalue weighted by Crippen LogP contribution is -2.23. The molecule has 2 amide bonds. The summed E-state index contributed by atoms with van der Waals surface area (Å²) in [5, 5.41) is 6.57. The van der Waals surface area contributed by atoms with Crippen LogP contribution in [0.15, 0.2) is 51.6 Å². The van der Waals surface area contributed by atoms with Crippen LogP contribution >= 0.6 is 0 Å². The Hall–Kier alpha value is -3.42. The summed E-state index contributed by atoms with van der Waals surface area (Å²) in [6.07, 6.45) is 2.04. The summed E-state index contributed by atoms with van der Waals surface area (Å²) in [7, 11) is 0. The predicted octanol–water partition coefficient (Wildman–Crippen LogP) is 1.68. The van der Waals surface area contributed by atoms with Crippen molar-refractivity contribution in [3.8, 4) is 11.6 Å². The molecule has 0 spiro atoms. The standard InChI is InChI=1S/C17H16N4O4/c18-16(23)12-4-1-3-11(9-12)10-19-14(22)6-7-15-20-17(21-25-15)13-5-2-8-24-13/h1-5,8-9H,6-7,10H2,(H2,18,23)(H,19,22). The average molecular weight is 340 g/mol. The third kappa shape index (κ3) is 4.31. The Morgan fingerprint density at radius 3 is 2.84 bits per heavy atom. The molecule has 8 nitrogen and oxygen atoms in total. The first-order valence-electron chi connectivity index (χ1n) is 7.64. The molecule has 0 bridgehead atoms. The average Bonchev–Trinajstić information content (AvgIpc) is 3.29. The fraction of sp³-hybridized carbons (Fsp3) is 0.176. The fourth-order valence-corrected chi connectivity index (χ4v) is 2.21. The number of amides is 2. The molecule has 0 atom stereocenters. The number of rotatable bonds is 7. The number of nitrogens with zero attached hydrogens (tertiary/aromatic N) is 2. The van der Waals surface area contributed by atoms with E-state index in [4.69, 9.17) is 14.7 Å². The molecule has 8 heteroatoms. The van der Waals surface area contributed by atoms with E-state index in [0.717, 1.165) is 5.56 Å². The Bertz CT molecular complexity index is 870. The van der Waals surface area contributed by atoms with Gasteiger partial charge >= 0.3 is 0 Å². The minimum absolute atomic E-state index is 0.165. The second kappa shape index (κ2) is 7.43. The largest absolute Gasteiger partial charge is 0.461 e. The molecule has 3 rings (SSSR count). The summed E-state index contributed by atoms with van der Waals surface area (Å²) in [6, 6.07) is 10.3. The Balaban J connectivity index is 1.48. The van der Waals surface area contributed by atoms with Crippen LogP contribution in [0.5, 0.6) is 0 Å². The van der Waals surface area contributed by atoms with Gasteiger partial charge in [0.1, 0.15) is 0 Å². The van der Waals surface area contributed by atoms with E-state index in [1.54, 1.807) is 36.4 Å². The maximum atomic E-state index is 11.9. The lowest BCUT2D eigenvalue weighted by Gasteiger charge is -2.05. The minimum atomic E-state index is -0.503. The van der Waals surface area contributed by atoms with E-state index in [0.29, 0.717) is 36.0 Å². The molecule has 0 fully saturated rings. The van der Waals surface area contributed by atoms with Crippen molar-refractivity contribution in [1.82, 2.24) is 15.5 Å². The smallest absolute Gasteiger partial charge is 0.248 e. The van der Waals surface area contributed by atoms with Crippen LogP contribution in [0.25, 0.3) is 11.6 Å². The van der Waals surface area contributed by atoms with E-state index in [1.807, 2.05) is 0 Å². The van der Waals surface area contributed by atoms with Crippen LogP contribution in [0, 0.1) is 0 Å². The first-order chi connectivity index (χ1) is 12.1. The lowest BCUT2D eigenvalue weighted by molar-refractivity contribution is -0.121. The number of hydrogen-bond donors (Lipinski definition) is 2. The first kappa shape index (κ1) is 16.4. The maximum Gasteiger partial charge on any atom is 0.248 e. The molecule has 3 N–H and O–H groups in total. The second-order valence-electron chi connectivity index (χ2n) is 5.33. The highest BCUT2D eigenvalue weighted by Crippen LogP contribution is 2.16. The number of benzene rings is 1. The number of primary amides is 1. The number of aromatic nitrogens is 2. The molecule has 0 saturated carbocycles. The summed E-state index contributed by atoms with van der Waals surface area (Å²) in [5.74, 6) is 0.550.